The van der Waals surface area contributed by atoms with Crippen molar-refractivity contribution in [2.45, 2.75) is 45.8 Å². The Morgan fingerprint density at radius 3 is 2.56 bits per heavy atom. The third kappa shape index (κ3) is 4.79. The second-order valence-corrected chi connectivity index (χ2v) is 7.39. The van der Waals surface area contributed by atoms with Gasteiger partial charge in [0.05, 0.1) is 25.0 Å². The fourth-order valence-electron chi connectivity index (χ4n) is 3.94. The SMILES string of the molecule is CCc1cc(-c2cccc(N)n2)c(OC)cc1CCN1CC(C)OC(C)C1. The average Bonchev–Trinajstić information content (AvgIpc) is 2.65. The van der Waals surface area contributed by atoms with Gasteiger partial charge in [-0.25, -0.2) is 4.98 Å². The largest absolute Gasteiger partial charge is 0.496 e. The van der Waals surface area contributed by atoms with Crippen LogP contribution in [0.15, 0.2) is 30.3 Å². The minimum absolute atomic E-state index is 0.297. The van der Waals surface area contributed by atoms with Crippen LogP contribution < -0.4 is 10.5 Å². The van der Waals surface area contributed by atoms with E-state index in [1.165, 1.54) is 11.1 Å². The number of rotatable bonds is 6. The quantitative estimate of drug-likeness (QED) is 0.844. The Labute approximate surface area is 162 Å². The maximum Gasteiger partial charge on any atom is 0.128 e. The molecule has 2 unspecified atom stereocenters. The van der Waals surface area contributed by atoms with Crippen LogP contribution in [-0.2, 0) is 17.6 Å². The van der Waals surface area contributed by atoms with Crippen LogP contribution in [0.5, 0.6) is 5.75 Å². The highest BCUT2D eigenvalue weighted by Crippen LogP contribution is 2.33. The number of nitrogens with zero attached hydrogens (tertiary/aromatic N) is 2. The summed E-state index contributed by atoms with van der Waals surface area (Å²) < 4.78 is 11.5. The molecule has 1 fully saturated rings. The van der Waals surface area contributed by atoms with E-state index in [4.69, 9.17) is 15.2 Å². The summed E-state index contributed by atoms with van der Waals surface area (Å²) in [4.78, 5) is 6.97. The number of pyridine rings is 1. The zero-order chi connectivity index (χ0) is 19.4. The van der Waals surface area contributed by atoms with Crippen molar-refractivity contribution in [2.75, 3.05) is 32.5 Å². The third-order valence-corrected chi connectivity index (χ3v) is 5.14. The van der Waals surface area contributed by atoms with E-state index in [1.807, 2.05) is 12.1 Å². The van der Waals surface area contributed by atoms with E-state index in [2.05, 4.69) is 42.8 Å². The van der Waals surface area contributed by atoms with Gasteiger partial charge in [-0.3, -0.25) is 4.90 Å². The number of hydrogen-bond acceptors (Lipinski definition) is 5. The number of aromatic nitrogens is 1. The first-order valence-electron chi connectivity index (χ1n) is 9.80. The average molecular weight is 370 g/mol. The van der Waals surface area contributed by atoms with E-state index in [9.17, 15) is 0 Å². The highest BCUT2D eigenvalue weighted by molar-refractivity contribution is 5.70. The van der Waals surface area contributed by atoms with Crippen molar-refractivity contribution < 1.29 is 9.47 Å². The van der Waals surface area contributed by atoms with Gasteiger partial charge in [-0.2, -0.15) is 0 Å². The molecule has 2 N–H and O–H groups in total. The maximum absolute atomic E-state index is 5.87. The van der Waals surface area contributed by atoms with E-state index in [-0.39, 0.29) is 0 Å². The fraction of sp³-hybridized carbons (Fsp3) is 0.500. The Bertz CT molecular complexity index is 768. The fourth-order valence-corrected chi connectivity index (χ4v) is 3.94. The van der Waals surface area contributed by atoms with Crippen LogP contribution in [0.25, 0.3) is 11.3 Å². The van der Waals surface area contributed by atoms with Crippen molar-refractivity contribution in [3.05, 3.63) is 41.5 Å². The van der Waals surface area contributed by atoms with Crippen molar-refractivity contribution in [3.8, 4) is 17.0 Å². The molecule has 2 heterocycles. The molecule has 5 heteroatoms. The van der Waals surface area contributed by atoms with E-state index in [0.29, 0.717) is 18.0 Å². The summed E-state index contributed by atoms with van der Waals surface area (Å²) in [6.07, 6.45) is 2.57. The van der Waals surface area contributed by atoms with E-state index in [0.717, 1.165) is 49.5 Å². The van der Waals surface area contributed by atoms with Crippen molar-refractivity contribution in [3.63, 3.8) is 0 Å². The minimum atomic E-state index is 0.297. The molecular weight excluding hydrogens is 338 g/mol. The summed E-state index contributed by atoms with van der Waals surface area (Å²) in [5.41, 5.74) is 10.4. The monoisotopic (exact) mass is 369 g/mol. The maximum atomic E-state index is 5.87. The van der Waals surface area contributed by atoms with Gasteiger partial charge in [0, 0.05) is 25.2 Å². The first-order chi connectivity index (χ1) is 13.0. The van der Waals surface area contributed by atoms with Gasteiger partial charge in [0.15, 0.2) is 0 Å². The van der Waals surface area contributed by atoms with Crippen LogP contribution >= 0.6 is 0 Å². The minimum Gasteiger partial charge on any atom is -0.496 e. The molecule has 0 spiro atoms. The smallest absolute Gasteiger partial charge is 0.128 e. The lowest BCUT2D eigenvalue weighted by Gasteiger charge is -2.35. The number of ether oxygens (including phenoxy) is 2. The number of morpholine rings is 1. The van der Waals surface area contributed by atoms with E-state index in [1.54, 1.807) is 13.2 Å². The highest BCUT2D eigenvalue weighted by atomic mass is 16.5. The molecule has 1 aliphatic rings. The molecule has 1 aromatic heterocycles. The van der Waals surface area contributed by atoms with Crippen LogP contribution in [0.2, 0.25) is 0 Å². The molecule has 0 radical (unpaired) electrons. The number of methoxy groups -OCH3 is 1. The number of anilines is 1. The predicted octanol–water partition coefficient (Wildman–Crippen LogP) is 3.55. The molecular formula is C22H31N3O2. The topological polar surface area (TPSA) is 60.6 Å². The Morgan fingerprint density at radius 1 is 1.19 bits per heavy atom. The van der Waals surface area contributed by atoms with Crippen molar-refractivity contribution in [2.24, 2.45) is 0 Å². The number of nitrogen functional groups attached to an aromatic ring is 1. The second-order valence-electron chi connectivity index (χ2n) is 7.39. The molecule has 2 atom stereocenters. The molecule has 27 heavy (non-hydrogen) atoms. The standard InChI is InChI=1S/C22H31N3O2/c1-5-17-11-19(20-7-6-8-22(23)24-20)21(26-4)12-18(17)9-10-25-13-15(2)27-16(3)14-25/h6-8,11-12,15-16H,5,9-10,13-14H2,1-4H3,(H2,23,24). The lowest BCUT2D eigenvalue weighted by Crippen LogP contribution is -2.46. The molecule has 3 rings (SSSR count). The van der Waals surface area contributed by atoms with Crippen LogP contribution in [0, 0.1) is 0 Å². The van der Waals surface area contributed by atoms with Gasteiger partial charge < -0.3 is 15.2 Å². The first-order valence-corrected chi connectivity index (χ1v) is 9.80. The van der Waals surface area contributed by atoms with Gasteiger partial charge >= 0.3 is 0 Å². The third-order valence-electron chi connectivity index (χ3n) is 5.14. The summed E-state index contributed by atoms with van der Waals surface area (Å²) in [7, 11) is 1.71. The number of benzene rings is 1. The summed E-state index contributed by atoms with van der Waals surface area (Å²) in [5.74, 6) is 1.37. The Kier molecular flexibility index (Phi) is 6.34. The molecule has 1 saturated heterocycles. The molecule has 0 bridgehead atoms. The van der Waals surface area contributed by atoms with E-state index < -0.39 is 0 Å². The van der Waals surface area contributed by atoms with Crippen LogP contribution in [0.4, 0.5) is 5.82 Å². The van der Waals surface area contributed by atoms with Crippen molar-refractivity contribution in [1.82, 2.24) is 9.88 Å². The first kappa shape index (κ1) is 19.6. The van der Waals surface area contributed by atoms with Crippen LogP contribution in [0.1, 0.15) is 31.9 Å². The lowest BCUT2D eigenvalue weighted by atomic mass is 9.96. The lowest BCUT2D eigenvalue weighted by molar-refractivity contribution is -0.0675. The van der Waals surface area contributed by atoms with Crippen LogP contribution in [0.3, 0.4) is 0 Å². The van der Waals surface area contributed by atoms with Gasteiger partial charge in [0.2, 0.25) is 0 Å². The van der Waals surface area contributed by atoms with Gasteiger partial charge in [0.25, 0.3) is 0 Å². The molecule has 0 amide bonds. The molecule has 0 saturated carbocycles. The normalized spacial score (nSPS) is 20.6. The summed E-state index contributed by atoms with van der Waals surface area (Å²) in [5, 5.41) is 0. The molecule has 1 aromatic carbocycles. The molecule has 146 valence electrons. The van der Waals surface area contributed by atoms with Gasteiger partial charge in [-0.15, -0.1) is 0 Å². The zero-order valence-corrected chi connectivity index (χ0v) is 16.9. The molecule has 2 aromatic rings. The number of aryl methyl sites for hydroxylation is 1. The molecule has 0 aliphatic carbocycles. The number of hydrogen-bond donors (Lipinski definition) is 1. The van der Waals surface area contributed by atoms with Crippen molar-refractivity contribution in [1.29, 1.82) is 0 Å². The van der Waals surface area contributed by atoms with Gasteiger partial charge in [-0.05, 0) is 62.1 Å². The second kappa shape index (κ2) is 8.72. The Morgan fingerprint density at radius 2 is 1.93 bits per heavy atom. The summed E-state index contributed by atoms with van der Waals surface area (Å²) in [6, 6.07) is 10.1. The van der Waals surface area contributed by atoms with Crippen molar-refractivity contribution >= 4 is 5.82 Å². The highest BCUT2D eigenvalue weighted by Gasteiger charge is 2.22. The van der Waals surface area contributed by atoms with Crippen LogP contribution in [-0.4, -0.2) is 48.8 Å². The predicted molar refractivity (Wildman–Crippen MR) is 110 cm³/mol. The summed E-state index contributed by atoms with van der Waals surface area (Å²) in [6.45, 7) is 9.51. The van der Waals surface area contributed by atoms with E-state index >= 15 is 0 Å². The molecule has 5 nitrogen and oxygen atoms in total. The van der Waals surface area contributed by atoms with Gasteiger partial charge in [0.1, 0.15) is 11.6 Å². The number of nitrogens with two attached hydrogens (primary N) is 1. The summed E-state index contributed by atoms with van der Waals surface area (Å²) >= 11 is 0. The Balaban J connectivity index is 1.83. The Hall–Kier alpha value is -2.11. The molecule has 1 aliphatic heterocycles. The zero-order valence-electron chi connectivity index (χ0n) is 16.9. The van der Waals surface area contributed by atoms with Gasteiger partial charge in [-0.1, -0.05) is 13.0 Å².